The SMILES string of the molecule is Cc1cc(C)cc(OCCNC(=O)[C@H]2CNC[C@@H]2c2cnn(C)c2)c1.Cl. The largest absolute Gasteiger partial charge is 0.492 e. The molecule has 3 rings (SSSR count). The Bertz CT molecular complexity index is 727. The van der Waals surface area contributed by atoms with E-state index in [1.807, 2.05) is 45.4 Å². The smallest absolute Gasteiger partial charge is 0.225 e. The second kappa shape index (κ2) is 9.05. The van der Waals surface area contributed by atoms with E-state index in [1.54, 1.807) is 4.68 Å². The molecule has 6 nitrogen and oxygen atoms in total. The standard InChI is InChI=1S/C19H26N4O2.ClH/c1-13-6-14(2)8-16(7-13)25-5-4-21-19(24)18-11-20-10-17(18)15-9-22-23(3)12-15;/h6-9,12,17-18,20H,4-5,10-11H2,1-3H3,(H,21,24);1H/t17-,18+;/m1./s1. The van der Waals surface area contributed by atoms with Gasteiger partial charge >= 0.3 is 0 Å². The number of nitrogens with zero attached hydrogens (tertiary/aromatic N) is 2. The Kier molecular flexibility index (Phi) is 7.06. The minimum atomic E-state index is -0.0644. The summed E-state index contributed by atoms with van der Waals surface area (Å²) in [5, 5.41) is 10.5. The zero-order valence-corrected chi connectivity index (χ0v) is 16.3. The van der Waals surface area contributed by atoms with Crippen LogP contribution in [0.15, 0.2) is 30.6 Å². The molecule has 1 aromatic carbocycles. The Morgan fingerprint density at radius 2 is 2.04 bits per heavy atom. The van der Waals surface area contributed by atoms with Crippen molar-refractivity contribution < 1.29 is 9.53 Å². The van der Waals surface area contributed by atoms with Gasteiger partial charge in [-0.3, -0.25) is 9.48 Å². The van der Waals surface area contributed by atoms with E-state index in [0.29, 0.717) is 19.7 Å². The molecule has 2 heterocycles. The van der Waals surface area contributed by atoms with Crippen molar-refractivity contribution in [1.82, 2.24) is 20.4 Å². The molecule has 1 fully saturated rings. The molecule has 1 aliphatic rings. The molecule has 2 atom stereocenters. The van der Waals surface area contributed by atoms with Gasteiger partial charge in [-0.2, -0.15) is 5.10 Å². The predicted molar refractivity (Wildman–Crippen MR) is 104 cm³/mol. The van der Waals surface area contributed by atoms with Crippen LogP contribution in [0.1, 0.15) is 22.6 Å². The molecule has 1 aromatic heterocycles. The summed E-state index contributed by atoms with van der Waals surface area (Å²) in [4.78, 5) is 12.5. The highest BCUT2D eigenvalue weighted by atomic mass is 35.5. The summed E-state index contributed by atoms with van der Waals surface area (Å²) in [6.07, 6.45) is 3.84. The van der Waals surface area contributed by atoms with Gasteiger partial charge in [0.2, 0.25) is 5.91 Å². The van der Waals surface area contributed by atoms with Gasteiger partial charge < -0.3 is 15.4 Å². The number of hydrogen-bond donors (Lipinski definition) is 2. The number of carbonyl (C=O) groups is 1. The van der Waals surface area contributed by atoms with Crippen molar-refractivity contribution in [3.05, 3.63) is 47.3 Å². The molecule has 0 radical (unpaired) electrons. The predicted octanol–water partition coefficient (Wildman–Crippen LogP) is 1.96. The van der Waals surface area contributed by atoms with E-state index in [-0.39, 0.29) is 30.2 Å². The molecule has 142 valence electrons. The summed E-state index contributed by atoms with van der Waals surface area (Å²) in [6, 6.07) is 6.13. The molecule has 0 unspecified atom stereocenters. The highest BCUT2D eigenvalue weighted by molar-refractivity contribution is 5.85. The maximum atomic E-state index is 12.5. The van der Waals surface area contributed by atoms with E-state index in [1.165, 1.54) is 11.1 Å². The first kappa shape index (κ1) is 20.3. The zero-order valence-electron chi connectivity index (χ0n) is 15.5. The third kappa shape index (κ3) is 4.99. The first-order valence-electron chi connectivity index (χ1n) is 8.71. The van der Waals surface area contributed by atoms with E-state index in [9.17, 15) is 4.79 Å². The van der Waals surface area contributed by atoms with Crippen molar-refractivity contribution in [2.45, 2.75) is 19.8 Å². The minimum Gasteiger partial charge on any atom is -0.492 e. The van der Waals surface area contributed by atoms with Crippen LogP contribution in [0.5, 0.6) is 5.75 Å². The third-order valence-electron chi connectivity index (χ3n) is 4.57. The summed E-state index contributed by atoms with van der Waals surface area (Å²) in [5.74, 6) is 1.03. The summed E-state index contributed by atoms with van der Waals surface area (Å²) in [6.45, 7) is 6.57. The molecular weight excluding hydrogens is 352 g/mol. The third-order valence-corrected chi connectivity index (χ3v) is 4.57. The van der Waals surface area contributed by atoms with Crippen LogP contribution in [0.3, 0.4) is 0 Å². The molecule has 0 bridgehead atoms. The average molecular weight is 379 g/mol. The molecule has 0 spiro atoms. The number of benzene rings is 1. The second-order valence-corrected chi connectivity index (χ2v) is 6.78. The Balaban J connectivity index is 0.00000243. The van der Waals surface area contributed by atoms with Crippen LogP contribution in [-0.2, 0) is 11.8 Å². The van der Waals surface area contributed by atoms with Crippen molar-refractivity contribution >= 4 is 18.3 Å². The first-order valence-corrected chi connectivity index (χ1v) is 8.71. The number of aromatic nitrogens is 2. The fraction of sp³-hybridized carbons (Fsp3) is 0.474. The fourth-order valence-corrected chi connectivity index (χ4v) is 3.43. The maximum Gasteiger partial charge on any atom is 0.225 e. The quantitative estimate of drug-likeness (QED) is 0.754. The number of hydrogen-bond acceptors (Lipinski definition) is 4. The van der Waals surface area contributed by atoms with E-state index in [2.05, 4.69) is 21.8 Å². The summed E-state index contributed by atoms with van der Waals surface area (Å²) in [5.41, 5.74) is 3.46. The Morgan fingerprint density at radius 3 is 2.69 bits per heavy atom. The topological polar surface area (TPSA) is 68.2 Å². The van der Waals surface area contributed by atoms with Gasteiger partial charge in [0, 0.05) is 32.3 Å². The number of rotatable bonds is 6. The Hall–Kier alpha value is -2.05. The molecule has 2 N–H and O–H groups in total. The minimum absolute atomic E-state index is 0. The summed E-state index contributed by atoms with van der Waals surface area (Å²) >= 11 is 0. The fourth-order valence-electron chi connectivity index (χ4n) is 3.43. The van der Waals surface area contributed by atoms with E-state index in [4.69, 9.17) is 4.74 Å². The highest BCUT2D eigenvalue weighted by Gasteiger charge is 2.34. The molecule has 1 amide bonds. The zero-order chi connectivity index (χ0) is 17.8. The van der Waals surface area contributed by atoms with Gasteiger partial charge in [-0.05, 0) is 42.7 Å². The van der Waals surface area contributed by atoms with Crippen LogP contribution < -0.4 is 15.4 Å². The van der Waals surface area contributed by atoms with Gasteiger partial charge in [0.25, 0.3) is 0 Å². The molecule has 2 aromatic rings. The van der Waals surface area contributed by atoms with E-state index in [0.717, 1.165) is 17.9 Å². The van der Waals surface area contributed by atoms with E-state index < -0.39 is 0 Å². The number of carbonyl (C=O) groups excluding carboxylic acids is 1. The highest BCUT2D eigenvalue weighted by Crippen LogP contribution is 2.27. The number of ether oxygens (including phenoxy) is 1. The van der Waals surface area contributed by atoms with Gasteiger partial charge in [-0.15, -0.1) is 12.4 Å². The summed E-state index contributed by atoms with van der Waals surface area (Å²) in [7, 11) is 1.89. The van der Waals surface area contributed by atoms with Crippen LogP contribution in [0.4, 0.5) is 0 Å². The van der Waals surface area contributed by atoms with Gasteiger partial charge in [0.1, 0.15) is 12.4 Å². The lowest BCUT2D eigenvalue weighted by molar-refractivity contribution is -0.124. The lowest BCUT2D eigenvalue weighted by Crippen LogP contribution is -2.36. The second-order valence-electron chi connectivity index (χ2n) is 6.78. The molecule has 1 aliphatic heterocycles. The summed E-state index contributed by atoms with van der Waals surface area (Å²) < 4.78 is 7.53. The van der Waals surface area contributed by atoms with Gasteiger partial charge in [-0.1, -0.05) is 6.07 Å². The van der Waals surface area contributed by atoms with Crippen molar-refractivity contribution in [3.63, 3.8) is 0 Å². The molecule has 1 saturated heterocycles. The molecule has 26 heavy (non-hydrogen) atoms. The maximum absolute atomic E-state index is 12.5. The number of nitrogens with one attached hydrogen (secondary N) is 2. The van der Waals surface area contributed by atoms with Crippen LogP contribution in [0.2, 0.25) is 0 Å². The molecule has 0 saturated carbocycles. The number of halogens is 1. The van der Waals surface area contributed by atoms with Gasteiger partial charge in [0.05, 0.1) is 18.7 Å². The first-order chi connectivity index (χ1) is 12.0. The normalized spacial score (nSPS) is 19.0. The van der Waals surface area contributed by atoms with Gasteiger partial charge in [-0.25, -0.2) is 0 Å². The number of amides is 1. The van der Waals surface area contributed by atoms with Crippen molar-refractivity contribution in [2.24, 2.45) is 13.0 Å². The van der Waals surface area contributed by atoms with Crippen molar-refractivity contribution in [1.29, 1.82) is 0 Å². The van der Waals surface area contributed by atoms with E-state index >= 15 is 0 Å². The van der Waals surface area contributed by atoms with Crippen LogP contribution in [-0.4, -0.2) is 41.9 Å². The monoisotopic (exact) mass is 378 g/mol. The lowest BCUT2D eigenvalue weighted by atomic mass is 9.90. The number of aryl methyl sites for hydroxylation is 3. The van der Waals surface area contributed by atoms with Gasteiger partial charge in [0.15, 0.2) is 0 Å². The van der Waals surface area contributed by atoms with Crippen LogP contribution >= 0.6 is 12.4 Å². The van der Waals surface area contributed by atoms with Crippen molar-refractivity contribution in [2.75, 3.05) is 26.2 Å². The lowest BCUT2D eigenvalue weighted by Gasteiger charge is -2.17. The molecule has 7 heteroatoms. The molecule has 0 aliphatic carbocycles. The van der Waals surface area contributed by atoms with Crippen LogP contribution in [0, 0.1) is 19.8 Å². The van der Waals surface area contributed by atoms with Crippen molar-refractivity contribution in [3.8, 4) is 5.75 Å². The van der Waals surface area contributed by atoms with Crippen LogP contribution in [0.25, 0.3) is 0 Å². The molecular formula is C19H27ClN4O2. The average Bonchev–Trinajstić information content (AvgIpc) is 3.19. The Morgan fingerprint density at radius 1 is 1.31 bits per heavy atom. The Labute approximate surface area is 160 Å².